The van der Waals surface area contributed by atoms with E-state index in [9.17, 15) is 24.5 Å². The third kappa shape index (κ3) is 6.03. The molecule has 29 heavy (non-hydrogen) atoms. The second kappa shape index (κ2) is 9.83. The van der Waals surface area contributed by atoms with Crippen molar-refractivity contribution < 1.29 is 28.8 Å². The molecule has 10 nitrogen and oxygen atoms in total. The fraction of sp³-hybridized carbons (Fsp3) is 0.211. The largest absolute Gasteiger partial charge is 0.467 e. The van der Waals surface area contributed by atoms with Gasteiger partial charge in [-0.1, -0.05) is 18.2 Å². The molecular formula is C19H19N3O7. The van der Waals surface area contributed by atoms with Gasteiger partial charge in [0.05, 0.1) is 12.0 Å². The van der Waals surface area contributed by atoms with Gasteiger partial charge < -0.3 is 14.8 Å². The van der Waals surface area contributed by atoms with Crippen molar-refractivity contribution in [1.29, 1.82) is 0 Å². The van der Waals surface area contributed by atoms with Gasteiger partial charge in [-0.15, -0.1) is 0 Å². The van der Waals surface area contributed by atoms with Crippen molar-refractivity contribution in [2.24, 2.45) is 0 Å². The summed E-state index contributed by atoms with van der Waals surface area (Å²) in [6.45, 7) is 0.912. The van der Waals surface area contributed by atoms with E-state index in [0.29, 0.717) is 5.69 Å². The molecule has 0 saturated heterocycles. The fourth-order valence-electron chi connectivity index (χ4n) is 2.33. The van der Waals surface area contributed by atoms with Gasteiger partial charge in [0, 0.05) is 17.8 Å². The lowest BCUT2D eigenvalue weighted by Crippen LogP contribution is -2.48. The highest BCUT2D eigenvalue weighted by atomic mass is 16.6. The summed E-state index contributed by atoms with van der Waals surface area (Å²) in [5.74, 6) is -1.27. The van der Waals surface area contributed by atoms with Crippen molar-refractivity contribution in [3.05, 3.63) is 64.7 Å². The number of esters is 1. The number of methoxy groups -OCH3 is 1. The Balaban J connectivity index is 2.13. The Bertz CT molecular complexity index is 884. The average Bonchev–Trinajstić information content (AvgIpc) is 2.72. The lowest BCUT2D eigenvalue weighted by atomic mass is 10.2. The Morgan fingerprint density at radius 2 is 1.72 bits per heavy atom. The van der Waals surface area contributed by atoms with Crippen LogP contribution in [0.2, 0.25) is 0 Å². The molecule has 10 heteroatoms. The second-order valence-corrected chi connectivity index (χ2v) is 5.86. The summed E-state index contributed by atoms with van der Waals surface area (Å²) in [7, 11) is 1.16. The van der Waals surface area contributed by atoms with Gasteiger partial charge in [-0.25, -0.2) is 9.59 Å². The predicted octanol–water partition coefficient (Wildman–Crippen LogP) is 2.60. The molecule has 2 aromatic rings. The highest BCUT2D eigenvalue weighted by Crippen LogP contribution is 2.19. The summed E-state index contributed by atoms with van der Waals surface area (Å²) < 4.78 is 9.80. The van der Waals surface area contributed by atoms with Gasteiger partial charge >= 0.3 is 12.1 Å². The van der Waals surface area contributed by atoms with E-state index in [1.165, 1.54) is 31.2 Å². The van der Waals surface area contributed by atoms with E-state index in [1.54, 1.807) is 30.3 Å². The summed E-state index contributed by atoms with van der Waals surface area (Å²) in [5, 5.41) is 13.3. The number of para-hydroxylation sites is 1. The topological polar surface area (TPSA) is 128 Å². The highest BCUT2D eigenvalue weighted by molar-refractivity contribution is 5.95. The van der Waals surface area contributed by atoms with Crippen molar-refractivity contribution in [2.45, 2.75) is 13.0 Å². The van der Waals surface area contributed by atoms with Crippen molar-refractivity contribution in [3.8, 4) is 5.75 Å². The molecule has 0 saturated carbocycles. The number of carbonyl (C=O) groups excluding carboxylic acids is 3. The SMILES string of the molecule is COC(=O)[C@H](C)N(CC(=O)Nc1ccccc1)C(=O)Oc1ccc([N+](=O)[O-])cc1. The van der Waals surface area contributed by atoms with E-state index in [-0.39, 0.29) is 11.4 Å². The third-order valence-electron chi connectivity index (χ3n) is 3.87. The Morgan fingerprint density at radius 3 is 2.28 bits per heavy atom. The summed E-state index contributed by atoms with van der Waals surface area (Å²) in [6.07, 6.45) is -0.986. The molecule has 0 unspecified atom stereocenters. The van der Waals surface area contributed by atoms with Crippen LogP contribution in [0, 0.1) is 10.1 Å². The van der Waals surface area contributed by atoms with Crippen LogP contribution in [0.25, 0.3) is 0 Å². The first-order valence-corrected chi connectivity index (χ1v) is 8.47. The van der Waals surface area contributed by atoms with E-state index in [2.05, 4.69) is 10.1 Å². The number of ether oxygens (including phenoxy) is 2. The summed E-state index contributed by atoms with van der Waals surface area (Å²) >= 11 is 0. The molecule has 152 valence electrons. The molecule has 2 rings (SSSR count). The van der Waals surface area contributed by atoms with E-state index < -0.39 is 35.5 Å². The van der Waals surface area contributed by atoms with Crippen LogP contribution in [0.3, 0.4) is 0 Å². The third-order valence-corrected chi connectivity index (χ3v) is 3.87. The van der Waals surface area contributed by atoms with Gasteiger partial charge in [-0.05, 0) is 31.2 Å². The number of hydrogen-bond acceptors (Lipinski definition) is 7. The van der Waals surface area contributed by atoms with Crippen molar-refractivity contribution >= 4 is 29.3 Å². The van der Waals surface area contributed by atoms with E-state index in [4.69, 9.17) is 4.74 Å². The molecule has 0 aromatic heterocycles. The molecule has 1 N–H and O–H groups in total. The lowest BCUT2D eigenvalue weighted by molar-refractivity contribution is -0.384. The van der Waals surface area contributed by atoms with Crippen molar-refractivity contribution in [1.82, 2.24) is 4.90 Å². The number of nitrogens with zero attached hydrogens (tertiary/aromatic N) is 2. The molecule has 0 radical (unpaired) electrons. The number of carbonyl (C=O) groups is 3. The van der Waals surface area contributed by atoms with Gasteiger partial charge in [0.15, 0.2) is 0 Å². The number of nitro groups is 1. The van der Waals surface area contributed by atoms with Crippen molar-refractivity contribution in [2.75, 3.05) is 19.0 Å². The van der Waals surface area contributed by atoms with Gasteiger partial charge in [0.2, 0.25) is 5.91 Å². The Labute approximate surface area is 166 Å². The number of hydrogen-bond donors (Lipinski definition) is 1. The van der Waals surface area contributed by atoms with E-state index >= 15 is 0 Å². The van der Waals surface area contributed by atoms with Gasteiger partial charge in [-0.3, -0.25) is 19.8 Å². The average molecular weight is 401 g/mol. The van der Waals surface area contributed by atoms with Crippen LogP contribution in [-0.4, -0.2) is 47.5 Å². The summed E-state index contributed by atoms with van der Waals surface area (Å²) in [5.41, 5.74) is 0.346. The molecule has 0 bridgehead atoms. The van der Waals surface area contributed by atoms with Crippen LogP contribution >= 0.6 is 0 Å². The first-order chi connectivity index (χ1) is 13.8. The van der Waals surface area contributed by atoms with Gasteiger partial charge in [0.25, 0.3) is 5.69 Å². The normalized spacial score (nSPS) is 11.1. The molecule has 0 aliphatic carbocycles. The second-order valence-electron chi connectivity index (χ2n) is 5.86. The zero-order valence-corrected chi connectivity index (χ0v) is 15.7. The highest BCUT2D eigenvalue weighted by Gasteiger charge is 2.30. The lowest BCUT2D eigenvalue weighted by Gasteiger charge is -2.26. The minimum atomic E-state index is -1.10. The van der Waals surface area contributed by atoms with Crippen LogP contribution in [0.5, 0.6) is 5.75 Å². The van der Waals surface area contributed by atoms with Crippen LogP contribution < -0.4 is 10.1 Å². The number of benzene rings is 2. The quantitative estimate of drug-likeness (QED) is 0.429. The standard InChI is InChI=1S/C19H19N3O7/c1-13(18(24)28-2)21(12-17(23)20-14-6-4-3-5-7-14)19(25)29-16-10-8-15(9-11-16)22(26)27/h3-11,13H,12H2,1-2H3,(H,20,23)/t13-/m0/s1. The zero-order chi connectivity index (χ0) is 21.4. The van der Waals surface area contributed by atoms with E-state index in [1.807, 2.05) is 0 Å². The molecule has 0 aliphatic rings. The maximum atomic E-state index is 12.6. The molecule has 2 amide bonds. The number of non-ortho nitro benzene ring substituents is 1. The number of rotatable bonds is 7. The zero-order valence-electron chi connectivity index (χ0n) is 15.7. The summed E-state index contributed by atoms with van der Waals surface area (Å²) in [4.78, 5) is 47.8. The number of anilines is 1. The van der Waals surface area contributed by atoms with Crippen LogP contribution in [0.15, 0.2) is 54.6 Å². The molecule has 1 atom stereocenters. The summed E-state index contributed by atoms with van der Waals surface area (Å²) in [6, 6.07) is 12.3. The molecular weight excluding hydrogens is 382 g/mol. The smallest absolute Gasteiger partial charge is 0.416 e. The predicted molar refractivity (Wildman–Crippen MR) is 102 cm³/mol. The Kier molecular flexibility index (Phi) is 7.24. The molecule has 0 fully saturated rings. The van der Waals surface area contributed by atoms with Crippen LogP contribution in [0.4, 0.5) is 16.2 Å². The maximum absolute atomic E-state index is 12.6. The van der Waals surface area contributed by atoms with Crippen LogP contribution in [0.1, 0.15) is 6.92 Å². The minimum Gasteiger partial charge on any atom is -0.467 e. The van der Waals surface area contributed by atoms with E-state index in [0.717, 1.165) is 12.0 Å². The monoisotopic (exact) mass is 401 g/mol. The molecule has 0 spiro atoms. The molecule has 0 heterocycles. The number of amides is 2. The first-order valence-electron chi connectivity index (χ1n) is 8.47. The Morgan fingerprint density at radius 1 is 1.10 bits per heavy atom. The van der Waals surface area contributed by atoms with Gasteiger partial charge in [0.1, 0.15) is 18.3 Å². The first kappa shape index (κ1) is 21.4. The minimum absolute atomic E-state index is 0.0196. The molecule has 0 aliphatic heterocycles. The Hall–Kier alpha value is -3.95. The van der Waals surface area contributed by atoms with Gasteiger partial charge in [-0.2, -0.15) is 0 Å². The number of nitro benzene ring substituents is 1. The maximum Gasteiger partial charge on any atom is 0.416 e. The molecule has 2 aromatic carbocycles. The van der Waals surface area contributed by atoms with Crippen molar-refractivity contribution in [3.63, 3.8) is 0 Å². The fourth-order valence-corrected chi connectivity index (χ4v) is 2.33. The van der Waals surface area contributed by atoms with Crippen LogP contribution in [-0.2, 0) is 14.3 Å². The number of nitrogens with one attached hydrogen (secondary N) is 1.